The summed E-state index contributed by atoms with van der Waals surface area (Å²) in [5, 5.41) is 18.3. The lowest BCUT2D eigenvalue weighted by atomic mass is 9.80. The van der Waals surface area contributed by atoms with E-state index in [1.807, 2.05) is 43.7 Å². The van der Waals surface area contributed by atoms with E-state index in [1.54, 1.807) is 4.90 Å². The van der Waals surface area contributed by atoms with Crippen LogP contribution < -0.4 is 5.32 Å². The molecule has 2 N–H and O–H groups in total. The maximum atomic E-state index is 13.5. The number of hydrogen-bond donors (Lipinski definition) is 2. The van der Waals surface area contributed by atoms with Gasteiger partial charge >= 0.3 is 0 Å². The minimum Gasteiger partial charge on any atom is -0.390 e. The molecule has 1 spiro atoms. The zero-order chi connectivity index (χ0) is 26.0. The number of carbonyl (C=O) groups excluding carboxylic acids is 2. The lowest BCUT2D eigenvalue weighted by Crippen LogP contribution is -2.74. The number of para-hydroxylation sites is 1. The van der Waals surface area contributed by atoms with Crippen LogP contribution in [0.1, 0.15) is 63.4 Å². The van der Waals surface area contributed by atoms with Gasteiger partial charge in [0.15, 0.2) is 0 Å². The van der Waals surface area contributed by atoms with Gasteiger partial charge in [-0.05, 0) is 51.2 Å². The number of benzene rings is 1. The second kappa shape index (κ2) is 13.3. The van der Waals surface area contributed by atoms with Crippen molar-refractivity contribution < 1.29 is 14.7 Å². The SMILES string of the molecule is CCCCN1C(=O)[C@@H]([C@H](O)C(C)C)NC(=O)C12CCN(Cc1c(C)nn(-c3ccccc3)c1C)CC2.Cl.Cl. The normalized spacial score (nSPS) is 20.2. The molecule has 0 unspecified atom stereocenters. The van der Waals surface area contributed by atoms with Crippen LogP contribution in [0, 0.1) is 19.8 Å². The van der Waals surface area contributed by atoms with Crippen LogP contribution in [0.4, 0.5) is 0 Å². The number of carbonyl (C=O) groups is 2. The predicted octanol–water partition coefficient (Wildman–Crippen LogP) is 3.81. The van der Waals surface area contributed by atoms with Gasteiger partial charge in [-0.25, -0.2) is 4.68 Å². The van der Waals surface area contributed by atoms with Crippen molar-refractivity contribution in [3.63, 3.8) is 0 Å². The highest BCUT2D eigenvalue weighted by Crippen LogP contribution is 2.35. The van der Waals surface area contributed by atoms with Gasteiger partial charge in [-0.3, -0.25) is 14.5 Å². The largest absolute Gasteiger partial charge is 0.390 e. The molecule has 0 saturated carbocycles. The summed E-state index contributed by atoms with van der Waals surface area (Å²) in [5.74, 6) is -0.383. The number of nitrogens with one attached hydrogen (secondary N) is 1. The number of amides is 2. The maximum Gasteiger partial charge on any atom is 0.248 e. The van der Waals surface area contributed by atoms with Crippen molar-refractivity contribution in [2.24, 2.45) is 5.92 Å². The van der Waals surface area contributed by atoms with Gasteiger partial charge in [0.25, 0.3) is 0 Å². The van der Waals surface area contributed by atoms with Crippen molar-refractivity contribution in [3.8, 4) is 5.69 Å². The summed E-state index contributed by atoms with van der Waals surface area (Å²) in [6.07, 6.45) is 2.06. The number of hydrogen-bond acceptors (Lipinski definition) is 5. The number of likely N-dealkylation sites (tertiary alicyclic amines) is 1. The van der Waals surface area contributed by atoms with Gasteiger partial charge in [-0.2, -0.15) is 5.10 Å². The summed E-state index contributed by atoms with van der Waals surface area (Å²) in [6, 6.07) is 9.28. The lowest BCUT2D eigenvalue weighted by Gasteiger charge is -2.52. The van der Waals surface area contributed by atoms with Gasteiger partial charge in [0.1, 0.15) is 11.6 Å². The second-order valence-corrected chi connectivity index (χ2v) is 10.7. The van der Waals surface area contributed by atoms with Gasteiger partial charge in [-0.15, -0.1) is 24.8 Å². The number of rotatable bonds is 8. The number of aliphatic hydroxyl groups excluding tert-OH is 1. The number of piperidine rings is 1. The fourth-order valence-electron chi connectivity index (χ4n) is 5.62. The van der Waals surface area contributed by atoms with E-state index < -0.39 is 17.7 Å². The van der Waals surface area contributed by atoms with Crippen LogP contribution in [0.15, 0.2) is 30.3 Å². The first-order chi connectivity index (χ1) is 17.2. The Hall–Kier alpha value is -2.13. The molecule has 4 rings (SSSR count). The van der Waals surface area contributed by atoms with Crippen LogP contribution in [-0.2, 0) is 16.1 Å². The summed E-state index contributed by atoms with van der Waals surface area (Å²) in [4.78, 5) is 31.2. The number of piperazine rings is 1. The molecule has 1 aromatic heterocycles. The highest BCUT2D eigenvalue weighted by Gasteiger charge is 2.54. The Labute approximate surface area is 239 Å². The predicted molar refractivity (Wildman–Crippen MR) is 154 cm³/mol. The van der Waals surface area contributed by atoms with Crippen LogP contribution in [-0.4, -0.2) is 73.8 Å². The topological polar surface area (TPSA) is 90.7 Å². The Morgan fingerprint density at radius 3 is 2.32 bits per heavy atom. The standard InChI is InChI=1S/C28H41N5O3.2ClH/c1-6-7-15-32-26(35)24(25(34)19(2)3)29-27(36)28(32)13-16-31(17-14-28)18-23-20(4)30-33(21(23)5)22-11-9-8-10-12-22;;/h8-12,19,24-25,34H,6-7,13-18H2,1-5H3,(H,29,36);2*1H/t24-,25-;;/m1../s1. The van der Waals surface area contributed by atoms with Crippen molar-refractivity contribution >= 4 is 36.6 Å². The van der Waals surface area contributed by atoms with Crippen molar-refractivity contribution in [1.82, 2.24) is 24.9 Å². The average Bonchev–Trinajstić information content (AvgIpc) is 3.15. The summed E-state index contributed by atoms with van der Waals surface area (Å²) < 4.78 is 2.00. The zero-order valence-corrected chi connectivity index (χ0v) is 24.8. The van der Waals surface area contributed by atoms with E-state index in [1.165, 1.54) is 5.56 Å². The fourth-order valence-corrected chi connectivity index (χ4v) is 5.62. The molecule has 2 aliphatic rings. The molecule has 1 aromatic carbocycles. The minimum absolute atomic E-state index is 0. The molecule has 0 radical (unpaired) electrons. The molecule has 3 heterocycles. The molecule has 212 valence electrons. The fraction of sp³-hybridized carbons (Fsp3) is 0.607. The number of aromatic nitrogens is 2. The smallest absolute Gasteiger partial charge is 0.248 e. The third-order valence-electron chi connectivity index (χ3n) is 8.02. The molecule has 0 bridgehead atoms. The monoisotopic (exact) mass is 567 g/mol. The van der Waals surface area contributed by atoms with Gasteiger partial charge in [-0.1, -0.05) is 45.4 Å². The highest BCUT2D eigenvalue weighted by atomic mass is 35.5. The quantitative estimate of drug-likeness (QED) is 0.506. The van der Waals surface area contributed by atoms with Crippen molar-refractivity contribution in [2.75, 3.05) is 19.6 Å². The van der Waals surface area contributed by atoms with Gasteiger partial charge in [0.2, 0.25) is 11.8 Å². The summed E-state index contributed by atoms with van der Waals surface area (Å²) >= 11 is 0. The van der Waals surface area contributed by atoms with Gasteiger partial charge in [0.05, 0.1) is 17.5 Å². The molecular formula is C28H43Cl2N5O3. The maximum absolute atomic E-state index is 13.5. The lowest BCUT2D eigenvalue weighted by molar-refractivity contribution is -0.165. The molecule has 2 amide bonds. The Morgan fingerprint density at radius 1 is 1.11 bits per heavy atom. The number of unbranched alkanes of at least 4 members (excludes halogenated alkanes) is 1. The van der Waals surface area contributed by atoms with E-state index in [0.29, 0.717) is 19.4 Å². The number of nitrogens with zero attached hydrogens (tertiary/aromatic N) is 4. The van der Waals surface area contributed by atoms with Gasteiger partial charge in [0, 0.05) is 37.4 Å². The third kappa shape index (κ3) is 6.03. The van der Waals surface area contributed by atoms with E-state index in [9.17, 15) is 14.7 Å². The molecule has 2 aromatic rings. The van der Waals surface area contributed by atoms with E-state index in [4.69, 9.17) is 5.10 Å². The van der Waals surface area contributed by atoms with Crippen molar-refractivity contribution in [2.45, 2.75) is 84.5 Å². The Balaban J connectivity index is 0.00000253. The van der Waals surface area contributed by atoms with E-state index in [0.717, 1.165) is 49.6 Å². The van der Waals surface area contributed by atoms with E-state index >= 15 is 0 Å². The summed E-state index contributed by atoms with van der Waals surface area (Å²) in [7, 11) is 0. The molecule has 0 aliphatic carbocycles. The van der Waals surface area contributed by atoms with Crippen LogP contribution in [0.3, 0.4) is 0 Å². The molecular weight excluding hydrogens is 525 g/mol. The molecule has 10 heteroatoms. The summed E-state index contributed by atoms with van der Waals surface area (Å²) in [5.41, 5.74) is 3.55. The van der Waals surface area contributed by atoms with Crippen molar-refractivity contribution in [3.05, 3.63) is 47.3 Å². The first kappa shape index (κ1) is 32.1. The minimum atomic E-state index is -0.893. The van der Waals surface area contributed by atoms with E-state index in [-0.39, 0.29) is 42.5 Å². The van der Waals surface area contributed by atoms with Crippen LogP contribution in [0.2, 0.25) is 0 Å². The molecule has 2 atom stereocenters. The Bertz CT molecular complexity index is 1080. The molecule has 2 fully saturated rings. The highest BCUT2D eigenvalue weighted by molar-refractivity contribution is 6.00. The number of halogens is 2. The number of aryl methyl sites for hydroxylation is 1. The van der Waals surface area contributed by atoms with Crippen molar-refractivity contribution in [1.29, 1.82) is 0 Å². The van der Waals surface area contributed by atoms with Crippen LogP contribution in [0.5, 0.6) is 0 Å². The van der Waals surface area contributed by atoms with Crippen LogP contribution in [0.25, 0.3) is 5.69 Å². The molecule has 8 nitrogen and oxygen atoms in total. The van der Waals surface area contributed by atoms with E-state index in [2.05, 4.69) is 36.2 Å². The van der Waals surface area contributed by atoms with Crippen LogP contribution >= 0.6 is 24.8 Å². The number of aliphatic hydroxyl groups is 1. The summed E-state index contributed by atoms with van der Waals surface area (Å²) in [6.45, 7) is 12.7. The third-order valence-corrected chi connectivity index (χ3v) is 8.02. The zero-order valence-electron chi connectivity index (χ0n) is 23.1. The first-order valence-electron chi connectivity index (χ1n) is 13.3. The molecule has 38 heavy (non-hydrogen) atoms. The Morgan fingerprint density at radius 2 is 1.74 bits per heavy atom. The average molecular weight is 569 g/mol. The molecule has 2 aliphatic heterocycles. The Kier molecular flexibility index (Phi) is 11.2. The molecule has 2 saturated heterocycles. The van der Waals surface area contributed by atoms with Gasteiger partial charge < -0.3 is 15.3 Å². The first-order valence-corrected chi connectivity index (χ1v) is 13.3. The second-order valence-electron chi connectivity index (χ2n) is 10.7.